The highest BCUT2D eigenvalue weighted by atomic mass is 16.5. The molecular formula is C15H26N2O2. The molecule has 4 heteroatoms. The van der Waals surface area contributed by atoms with Crippen LogP contribution < -0.4 is 5.32 Å². The number of nitrogens with zero attached hydrogens (tertiary/aromatic N) is 1. The van der Waals surface area contributed by atoms with Gasteiger partial charge in [-0.25, -0.2) is 0 Å². The van der Waals surface area contributed by atoms with Gasteiger partial charge in [-0.1, -0.05) is 13.3 Å². The van der Waals surface area contributed by atoms with Gasteiger partial charge in [-0.05, 0) is 38.8 Å². The van der Waals surface area contributed by atoms with Gasteiger partial charge in [0.15, 0.2) is 0 Å². The molecule has 0 aromatic carbocycles. The number of esters is 1. The second kappa shape index (κ2) is 7.34. The number of hydrogen-bond acceptors (Lipinski definition) is 3. The topological polar surface area (TPSA) is 43.3 Å². The fraction of sp³-hybridized carbons (Fsp3) is 0.667. The van der Waals surface area contributed by atoms with E-state index in [0.717, 1.165) is 19.4 Å². The first-order valence-corrected chi connectivity index (χ1v) is 6.96. The van der Waals surface area contributed by atoms with Gasteiger partial charge < -0.3 is 14.6 Å². The minimum atomic E-state index is -0.167. The highest BCUT2D eigenvalue weighted by Gasteiger charge is 2.09. The standard InChI is InChI=1S/C15H26N2O2/c1-5-6-9-19-14(18)12-17-8-7-13(11-17)10-16-15(2,3)4/h7-8,11,16H,5-6,9-10,12H2,1-4H3. The zero-order valence-electron chi connectivity index (χ0n) is 12.5. The maximum absolute atomic E-state index is 11.6. The fourth-order valence-electron chi connectivity index (χ4n) is 1.59. The summed E-state index contributed by atoms with van der Waals surface area (Å²) in [5.74, 6) is -0.167. The molecule has 0 spiro atoms. The SMILES string of the molecule is CCCCOC(=O)Cn1ccc(CNC(C)(C)C)c1. The Bertz CT molecular complexity index is 391. The summed E-state index contributed by atoms with van der Waals surface area (Å²) < 4.78 is 7.00. The molecule has 0 atom stereocenters. The van der Waals surface area contributed by atoms with Gasteiger partial charge in [0.05, 0.1) is 6.61 Å². The molecule has 0 radical (unpaired) electrons. The van der Waals surface area contributed by atoms with E-state index in [1.165, 1.54) is 5.56 Å². The smallest absolute Gasteiger partial charge is 0.325 e. The van der Waals surface area contributed by atoms with Gasteiger partial charge >= 0.3 is 5.97 Å². The van der Waals surface area contributed by atoms with Gasteiger partial charge in [-0.2, -0.15) is 0 Å². The first-order chi connectivity index (χ1) is 8.90. The zero-order chi connectivity index (χ0) is 14.3. The Morgan fingerprint density at radius 1 is 1.42 bits per heavy atom. The third-order valence-corrected chi connectivity index (χ3v) is 2.71. The van der Waals surface area contributed by atoms with Crippen molar-refractivity contribution in [2.75, 3.05) is 6.61 Å². The lowest BCUT2D eigenvalue weighted by Crippen LogP contribution is -2.34. The Morgan fingerprint density at radius 3 is 2.79 bits per heavy atom. The first-order valence-electron chi connectivity index (χ1n) is 6.96. The molecule has 0 aliphatic carbocycles. The van der Waals surface area contributed by atoms with Gasteiger partial charge in [0.2, 0.25) is 0 Å². The van der Waals surface area contributed by atoms with E-state index in [-0.39, 0.29) is 11.5 Å². The van der Waals surface area contributed by atoms with Crippen LogP contribution in [-0.4, -0.2) is 22.7 Å². The molecule has 1 aromatic heterocycles. The minimum Gasteiger partial charge on any atom is -0.464 e. The number of hydrogen-bond donors (Lipinski definition) is 1. The van der Waals surface area contributed by atoms with Crippen LogP contribution in [-0.2, 0) is 22.6 Å². The van der Waals surface area contributed by atoms with Crippen LogP contribution in [0.1, 0.15) is 46.1 Å². The lowest BCUT2D eigenvalue weighted by molar-refractivity contribution is -0.144. The summed E-state index contributed by atoms with van der Waals surface area (Å²) in [5, 5.41) is 3.42. The van der Waals surface area contributed by atoms with E-state index in [1.54, 1.807) is 0 Å². The van der Waals surface area contributed by atoms with Crippen molar-refractivity contribution in [3.05, 3.63) is 24.0 Å². The Labute approximate surface area is 116 Å². The molecule has 0 bridgehead atoms. The number of aromatic nitrogens is 1. The number of carbonyl (C=O) groups is 1. The van der Waals surface area contributed by atoms with Gasteiger partial charge in [-0.3, -0.25) is 4.79 Å². The lowest BCUT2D eigenvalue weighted by Gasteiger charge is -2.19. The quantitative estimate of drug-likeness (QED) is 0.609. The molecule has 0 saturated carbocycles. The highest BCUT2D eigenvalue weighted by Crippen LogP contribution is 2.05. The summed E-state index contributed by atoms with van der Waals surface area (Å²) in [5.41, 5.74) is 1.28. The zero-order valence-corrected chi connectivity index (χ0v) is 12.5. The predicted octanol–water partition coefficient (Wildman–Crippen LogP) is 2.72. The third kappa shape index (κ3) is 7.01. The van der Waals surface area contributed by atoms with Crippen LogP contribution in [0.25, 0.3) is 0 Å². The van der Waals surface area contributed by atoms with Crippen LogP contribution in [0.4, 0.5) is 0 Å². The van der Waals surface area contributed by atoms with Gasteiger partial charge in [0.25, 0.3) is 0 Å². The number of carbonyl (C=O) groups excluding carboxylic acids is 1. The molecule has 0 amide bonds. The molecule has 0 aliphatic rings. The summed E-state index contributed by atoms with van der Waals surface area (Å²) >= 11 is 0. The number of unbranched alkanes of at least 4 members (excludes halogenated alkanes) is 1. The third-order valence-electron chi connectivity index (χ3n) is 2.71. The van der Waals surface area contributed by atoms with Crippen LogP contribution >= 0.6 is 0 Å². The molecule has 1 heterocycles. The molecular weight excluding hydrogens is 240 g/mol. The second-order valence-electron chi connectivity index (χ2n) is 5.87. The molecule has 4 nitrogen and oxygen atoms in total. The van der Waals surface area contributed by atoms with Crippen molar-refractivity contribution in [1.29, 1.82) is 0 Å². The van der Waals surface area contributed by atoms with Crippen LogP contribution in [0.5, 0.6) is 0 Å². The van der Waals surface area contributed by atoms with Crippen molar-refractivity contribution >= 4 is 5.97 Å². The Balaban J connectivity index is 2.36. The molecule has 1 rings (SSSR count). The predicted molar refractivity (Wildman–Crippen MR) is 76.9 cm³/mol. The van der Waals surface area contributed by atoms with E-state index < -0.39 is 0 Å². The molecule has 1 N–H and O–H groups in total. The summed E-state index contributed by atoms with van der Waals surface area (Å²) in [6.45, 7) is 10.1. The van der Waals surface area contributed by atoms with Crippen molar-refractivity contribution in [1.82, 2.24) is 9.88 Å². The summed E-state index contributed by atoms with van der Waals surface area (Å²) in [6.07, 6.45) is 5.87. The maximum Gasteiger partial charge on any atom is 0.325 e. The highest BCUT2D eigenvalue weighted by molar-refractivity contribution is 5.69. The van der Waals surface area contributed by atoms with E-state index in [0.29, 0.717) is 13.2 Å². The minimum absolute atomic E-state index is 0.0984. The van der Waals surface area contributed by atoms with Gasteiger partial charge in [0.1, 0.15) is 6.54 Å². The van der Waals surface area contributed by atoms with Crippen LogP contribution in [0.2, 0.25) is 0 Å². The number of nitrogens with one attached hydrogen (secondary N) is 1. The summed E-state index contributed by atoms with van der Waals surface area (Å²) in [7, 11) is 0. The molecule has 19 heavy (non-hydrogen) atoms. The fourth-order valence-corrected chi connectivity index (χ4v) is 1.59. The molecule has 0 fully saturated rings. The average Bonchev–Trinajstić information content (AvgIpc) is 2.73. The normalized spacial score (nSPS) is 11.6. The molecule has 108 valence electrons. The lowest BCUT2D eigenvalue weighted by atomic mass is 10.1. The van der Waals surface area contributed by atoms with Gasteiger partial charge in [-0.15, -0.1) is 0 Å². The average molecular weight is 266 g/mol. The van der Waals surface area contributed by atoms with Gasteiger partial charge in [0, 0.05) is 24.5 Å². The van der Waals surface area contributed by atoms with E-state index in [1.807, 2.05) is 23.0 Å². The maximum atomic E-state index is 11.6. The van der Waals surface area contributed by atoms with E-state index in [9.17, 15) is 4.79 Å². The second-order valence-corrected chi connectivity index (χ2v) is 5.87. The van der Waals surface area contributed by atoms with Crippen LogP contribution in [0.3, 0.4) is 0 Å². The molecule has 0 saturated heterocycles. The molecule has 0 aliphatic heterocycles. The Morgan fingerprint density at radius 2 is 2.16 bits per heavy atom. The Hall–Kier alpha value is -1.29. The summed E-state index contributed by atoms with van der Waals surface area (Å²) in [6, 6.07) is 2.03. The number of ether oxygens (including phenoxy) is 1. The van der Waals surface area contributed by atoms with E-state index >= 15 is 0 Å². The summed E-state index contributed by atoms with van der Waals surface area (Å²) in [4.78, 5) is 11.6. The van der Waals surface area contributed by atoms with E-state index in [2.05, 4.69) is 33.0 Å². The van der Waals surface area contributed by atoms with Crippen LogP contribution in [0.15, 0.2) is 18.5 Å². The van der Waals surface area contributed by atoms with E-state index in [4.69, 9.17) is 4.74 Å². The van der Waals surface area contributed by atoms with Crippen molar-refractivity contribution in [2.24, 2.45) is 0 Å². The molecule has 1 aromatic rings. The van der Waals surface area contributed by atoms with Crippen molar-refractivity contribution in [2.45, 2.75) is 59.2 Å². The molecule has 0 unspecified atom stereocenters. The Kier molecular flexibility index (Phi) is 6.09. The van der Waals surface area contributed by atoms with Crippen molar-refractivity contribution in [3.63, 3.8) is 0 Å². The van der Waals surface area contributed by atoms with Crippen LogP contribution in [0, 0.1) is 0 Å². The first kappa shape index (κ1) is 15.8. The monoisotopic (exact) mass is 266 g/mol. The van der Waals surface area contributed by atoms with Crippen molar-refractivity contribution < 1.29 is 9.53 Å². The largest absolute Gasteiger partial charge is 0.464 e. The van der Waals surface area contributed by atoms with Crippen molar-refractivity contribution in [3.8, 4) is 0 Å². The number of rotatable bonds is 7.